The predicted octanol–water partition coefficient (Wildman–Crippen LogP) is 3.74. The predicted molar refractivity (Wildman–Crippen MR) is 117 cm³/mol. The molecule has 1 heterocycles. The van der Waals surface area contributed by atoms with Gasteiger partial charge in [-0.2, -0.15) is 5.26 Å². The summed E-state index contributed by atoms with van der Waals surface area (Å²) in [5.41, 5.74) is -1.23. The van der Waals surface area contributed by atoms with E-state index < -0.39 is 29.0 Å². The third-order valence-corrected chi connectivity index (χ3v) is 5.55. The molecule has 0 radical (unpaired) electrons. The van der Waals surface area contributed by atoms with Gasteiger partial charge in [-0.05, 0) is 48.9 Å². The number of rotatable bonds is 5. The Balaban J connectivity index is 1.47. The van der Waals surface area contributed by atoms with E-state index in [9.17, 15) is 24.0 Å². The Morgan fingerprint density at radius 3 is 2.53 bits per heavy atom. The van der Waals surface area contributed by atoms with Crippen LogP contribution < -0.4 is 16.2 Å². The maximum Gasteiger partial charge on any atom is 0.255 e. The van der Waals surface area contributed by atoms with Gasteiger partial charge in [0.25, 0.3) is 5.56 Å². The fraction of sp³-hybridized carbons (Fsp3) is 0.130. The first-order valence-electron chi connectivity index (χ1n) is 9.61. The molecule has 2 N–H and O–H groups in total. The Kier molecular flexibility index (Phi) is 5.51. The lowest BCUT2D eigenvalue weighted by molar-refractivity contribution is -0.123. The number of anilines is 2. The SMILES string of the molecule is N#C[C@]1(C(=O)Nc2ccc(Cl)cc2)C[C@H]1C(=O)Nc1ccc(-n2ccccc2=O)cc1F. The first-order chi connectivity index (χ1) is 15.3. The average molecular weight is 451 g/mol. The highest BCUT2D eigenvalue weighted by Crippen LogP contribution is 2.53. The van der Waals surface area contributed by atoms with Crippen LogP contribution in [0.25, 0.3) is 5.69 Å². The highest BCUT2D eigenvalue weighted by atomic mass is 35.5. The number of aromatic nitrogens is 1. The van der Waals surface area contributed by atoms with Crippen molar-refractivity contribution in [2.24, 2.45) is 11.3 Å². The first-order valence-corrected chi connectivity index (χ1v) is 9.98. The van der Waals surface area contributed by atoms with Crippen LogP contribution in [0.3, 0.4) is 0 Å². The van der Waals surface area contributed by atoms with Gasteiger partial charge < -0.3 is 10.6 Å². The molecule has 2 amide bonds. The van der Waals surface area contributed by atoms with Crippen LogP contribution in [0.2, 0.25) is 5.02 Å². The molecule has 1 aliphatic rings. The van der Waals surface area contributed by atoms with Crippen LogP contribution in [0.1, 0.15) is 6.42 Å². The molecule has 4 rings (SSSR count). The number of nitrogens with one attached hydrogen (secondary N) is 2. The summed E-state index contributed by atoms with van der Waals surface area (Å²) < 4.78 is 15.8. The maximum atomic E-state index is 14.6. The number of hydrogen-bond donors (Lipinski definition) is 2. The summed E-state index contributed by atoms with van der Waals surface area (Å²) >= 11 is 5.82. The van der Waals surface area contributed by atoms with Crippen LogP contribution in [-0.4, -0.2) is 16.4 Å². The summed E-state index contributed by atoms with van der Waals surface area (Å²) in [5.74, 6) is -2.92. The molecule has 1 aliphatic carbocycles. The van der Waals surface area contributed by atoms with Crippen molar-refractivity contribution in [2.45, 2.75) is 6.42 Å². The van der Waals surface area contributed by atoms with Crippen molar-refractivity contribution < 1.29 is 14.0 Å². The first kappa shape index (κ1) is 21.3. The Labute approximate surface area is 187 Å². The second-order valence-electron chi connectivity index (χ2n) is 7.36. The van der Waals surface area contributed by atoms with Crippen molar-refractivity contribution in [3.8, 4) is 11.8 Å². The van der Waals surface area contributed by atoms with Gasteiger partial charge in [-0.1, -0.05) is 17.7 Å². The van der Waals surface area contributed by atoms with Crippen molar-refractivity contribution in [1.29, 1.82) is 5.26 Å². The van der Waals surface area contributed by atoms with Crippen molar-refractivity contribution in [2.75, 3.05) is 10.6 Å². The van der Waals surface area contributed by atoms with E-state index in [1.54, 1.807) is 36.4 Å². The normalized spacial score (nSPS) is 19.0. The second kappa shape index (κ2) is 8.29. The van der Waals surface area contributed by atoms with E-state index >= 15 is 0 Å². The molecule has 0 saturated heterocycles. The summed E-state index contributed by atoms with van der Waals surface area (Å²) in [6.45, 7) is 0. The van der Waals surface area contributed by atoms with Crippen LogP contribution in [0, 0.1) is 28.5 Å². The fourth-order valence-corrected chi connectivity index (χ4v) is 3.52. The van der Waals surface area contributed by atoms with E-state index in [4.69, 9.17) is 11.6 Å². The van der Waals surface area contributed by atoms with E-state index in [1.807, 2.05) is 6.07 Å². The number of pyridine rings is 1. The zero-order chi connectivity index (χ0) is 22.9. The largest absolute Gasteiger partial charge is 0.325 e. The van der Waals surface area contributed by atoms with Gasteiger partial charge in [-0.15, -0.1) is 0 Å². The van der Waals surface area contributed by atoms with Crippen LogP contribution in [0.4, 0.5) is 15.8 Å². The quantitative estimate of drug-likeness (QED) is 0.617. The molecule has 0 aliphatic heterocycles. The Bertz CT molecular complexity index is 1320. The fourth-order valence-electron chi connectivity index (χ4n) is 3.40. The minimum atomic E-state index is -1.53. The molecule has 3 aromatic rings. The smallest absolute Gasteiger partial charge is 0.255 e. The topological polar surface area (TPSA) is 104 Å². The van der Waals surface area contributed by atoms with Gasteiger partial charge in [0.2, 0.25) is 11.8 Å². The highest BCUT2D eigenvalue weighted by Gasteiger charge is 2.64. The Hall–Kier alpha value is -3.96. The van der Waals surface area contributed by atoms with Gasteiger partial charge in [0.05, 0.1) is 23.4 Å². The molecule has 7 nitrogen and oxygen atoms in total. The molecule has 32 heavy (non-hydrogen) atoms. The molecule has 1 fully saturated rings. The highest BCUT2D eigenvalue weighted by molar-refractivity contribution is 6.30. The molecule has 0 spiro atoms. The standard InChI is InChI=1S/C23H16ClFN4O3/c24-14-4-6-15(7-5-14)27-22(32)23(13-26)12-17(23)21(31)28-19-9-8-16(11-18(19)25)29-10-2-1-3-20(29)30/h1-11,17H,12H2,(H,27,32)(H,28,31)/t17-,23+/m0/s1. The van der Waals surface area contributed by atoms with Crippen LogP contribution in [0.15, 0.2) is 71.7 Å². The summed E-state index contributed by atoms with van der Waals surface area (Å²) in [5, 5.41) is 15.1. The van der Waals surface area contributed by atoms with Crippen molar-refractivity contribution in [3.05, 3.63) is 88.1 Å². The van der Waals surface area contributed by atoms with E-state index in [-0.39, 0.29) is 17.7 Å². The number of nitriles is 1. The average Bonchev–Trinajstić information content (AvgIpc) is 3.54. The summed E-state index contributed by atoms with van der Waals surface area (Å²) in [4.78, 5) is 37.2. The summed E-state index contributed by atoms with van der Waals surface area (Å²) in [6, 6.07) is 16.7. The van der Waals surface area contributed by atoms with E-state index in [0.29, 0.717) is 16.4 Å². The van der Waals surface area contributed by atoms with Gasteiger partial charge in [0.1, 0.15) is 11.2 Å². The third-order valence-electron chi connectivity index (χ3n) is 5.30. The molecule has 9 heteroatoms. The van der Waals surface area contributed by atoms with E-state index in [0.717, 1.165) is 6.07 Å². The van der Waals surface area contributed by atoms with Gasteiger partial charge >= 0.3 is 0 Å². The Morgan fingerprint density at radius 1 is 1.12 bits per heavy atom. The molecule has 160 valence electrons. The number of amides is 2. The molecule has 1 saturated carbocycles. The number of carbonyl (C=O) groups excluding carboxylic acids is 2. The van der Waals surface area contributed by atoms with Crippen molar-refractivity contribution >= 4 is 34.8 Å². The van der Waals surface area contributed by atoms with Gasteiger partial charge in [0, 0.05) is 29.0 Å². The summed E-state index contributed by atoms with van der Waals surface area (Å²) in [6.07, 6.45) is 1.52. The minimum Gasteiger partial charge on any atom is -0.325 e. The molecule has 0 unspecified atom stereocenters. The Morgan fingerprint density at radius 2 is 1.88 bits per heavy atom. The molecule has 1 aromatic heterocycles. The van der Waals surface area contributed by atoms with Crippen LogP contribution >= 0.6 is 11.6 Å². The lowest BCUT2D eigenvalue weighted by atomic mass is 10.0. The maximum absolute atomic E-state index is 14.6. The summed E-state index contributed by atoms with van der Waals surface area (Å²) in [7, 11) is 0. The van der Waals surface area contributed by atoms with Crippen molar-refractivity contribution in [3.63, 3.8) is 0 Å². The lowest BCUT2D eigenvalue weighted by Gasteiger charge is -2.12. The monoisotopic (exact) mass is 450 g/mol. The zero-order valence-corrected chi connectivity index (χ0v) is 17.3. The lowest BCUT2D eigenvalue weighted by Crippen LogP contribution is -2.28. The molecule has 2 aromatic carbocycles. The molecular formula is C23H16ClFN4O3. The second-order valence-corrected chi connectivity index (χ2v) is 7.80. The van der Waals surface area contributed by atoms with Gasteiger partial charge in [-0.3, -0.25) is 19.0 Å². The number of carbonyl (C=O) groups is 2. The zero-order valence-electron chi connectivity index (χ0n) is 16.5. The van der Waals surface area contributed by atoms with Crippen LogP contribution in [0.5, 0.6) is 0 Å². The van der Waals surface area contributed by atoms with Gasteiger partial charge in [0.15, 0.2) is 0 Å². The number of benzene rings is 2. The molecule has 0 bridgehead atoms. The van der Waals surface area contributed by atoms with Gasteiger partial charge in [-0.25, -0.2) is 4.39 Å². The van der Waals surface area contributed by atoms with Crippen molar-refractivity contribution in [1.82, 2.24) is 4.57 Å². The minimum absolute atomic E-state index is 0.0217. The van der Waals surface area contributed by atoms with Crippen LogP contribution in [-0.2, 0) is 9.59 Å². The van der Waals surface area contributed by atoms with E-state index in [1.165, 1.54) is 29.0 Å². The number of nitrogens with zero attached hydrogens (tertiary/aromatic N) is 2. The third kappa shape index (κ3) is 3.98. The number of halogens is 2. The number of hydrogen-bond acceptors (Lipinski definition) is 4. The molecular weight excluding hydrogens is 435 g/mol. The molecule has 2 atom stereocenters. The van der Waals surface area contributed by atoms with E-state index in [2.05, 4.69) is 10.6 Å².